The minimum absolute atomic E-state index is 0.301. The molecule has 0 spiro atoms. The standard InChI is InChI=1S/C18H23NO2/c1-5-11-19(8-4)13-9-10-16-14(6-2)15(7-3)18(20)21-17(16)12-13/h7,9-10,12H,3,5-6,8,11H2,1-2,4H3. The maximum absolute atomic E-state index is 12.1. The number of aryl methyl sites for hydroxylation is 1. The highest BCUT2D eigenvalue weighted by atomic mass is 16.4. The largest absolute Gasteiger partial charge is 0.422 e. The second-order valence-corrected chi connectivity index (χ2v) is 5.10. The monoisotopic (exact) mass is 285 g/mol. The Morgan fingerprint density at radius 3 is 2.62 bits per heavy atom. The molecule has 2 aromatic rings. The first-order chi connectivity index (χ1) is 10.2. The summed E-state index contributed by atoms with van der Waals surface area (Å²) in [7, 11) is 0. The van der Waals surface area contributed by atoms with Gasteiger partial charge < -0.3 is 9.32 Å². The van der Waals surface area contributed by atoms with E-state index in [4.69, 9.17) is 4.42 Å². The molecule has 2 rings (SSSR count). The fourth-order valence-electron chi connectivity index (χ4n) is 2.79. The van der Waals surface area contributed by atoms with E-state index in [1.54, 1.807) is 6.08 Å². The van der Waals surface area contributed by atoms with Crippen LogP contribution in [0.4, 0.5) is 5.69 Å². The van der Waals surface area contributed by atoms with Crippen LogP contribution >= 0.6 is 0 Å². The third-order valence-electron chi connectivity index (χ3n) is 3.84. The van der Waals surface area contributed by atoms with E-state index >= 15 is 0 Å². The summed E-state index contributed by atoms with van der Waals surface area (Å²) in [5.74, 6) is 0. The lowest BCUT2D eigenvalue weighted by Crippen LogP contribution is -2.23. The molecule has 0 amide bonds. The van der Waals surface area contributed by atoms with Gasteiger partial charge in [0.15, 0.2) is 0 Å². The van der Waals surface area contributed by atoms with Gasteiger partial charge in [0.25, 0.3) is 0 Å². The number of benzene rings is 1. The molecule has 0 N–H and O–H groups in total. The number of anilines is 1. The molecule has 1 aromatic heterocycles. The van der Waals surface area contributed by atoms with Crippen LogP contribution in [0.25, 0.3) is 17.0 Å². The molecule has 0 unspecified atom stereocenters. The Hall–Kier alpha value is -2.03. The first-order valence-electron chi connectivity index (χ1n) is 7.63. The van der Waals surface area contributed by atoms with Gasteiger partial charge >= 0.3 is 5.63 Å². The molecule has 112 valence electrons. The fourth-order valence-corrected chi connectivity index (χ4v) is 2.79. The maximum Gasteiger partial charge on any atom is 0.343 e. The zero-order valence-corrected chi connectivity index (χ0v) is 13.1. The van der Waals surface area contributed by atoms with Crippen LogP contribution in [0.15, 0.2) is 34.0 Å². The average molecular weight is 285 g/mol. The second-order valence-electron chi connectivity index (χ2n) is 5.10. The molecule has 0 atom stereocenters. The van der Waals surface area contributed by atoms with Crippen LogP contribution in [0.1, 0.15) is 38.3 Å². The van der Waals surface area contributed by atoms with E-state index in [0.29, 0.717) is 11.1 Å². The van der Waals surface area contributed by atoms with Crippen molar-refractivity contribution in [2.75, 3.05) is 18.0 Å². The van der Waals surface area contributed by atoms with Crippen molar-refractivity contribution in [3.8, 4) is 0 Å². The van der Waals surface area contributed by atoms with Crippen molar-refractivity contribution < 1.29 is 4.42 Å². The van der Waals surface area contributed by atoms with E-state index < -0.39 is 0 Å². The van der Waals surface area contributed by atoms with Crippen molar-refractivity contribution in [2.45, 2.75) is 33.6 Å². The van der Waals surface area contributed by atoms with Crippen molar-refractivity contribution >= 4 is 22.7 Å². The van der Waals surface area contributed by atoms with E-state index in [1.807, 2.05) is 13.0 Å². The summed E-state index contributed by atoms with van der Waals surface area (Å²) in [5, 5.41) is 1.00. The van der Waals surface area contributed by atoms with Crippen molar-refractivity contribution in [3.63, 3.8) is 0 Å². The lowest BCUT2D eigenvalue weighted by atomic mass is 10.0. The molecule has 1 heterocycles. The fraction of sp³-hybridized carbons (Fsp3) is 0.389. The smallest absolute Gasteiger partial charge is 0.343 e. The molecule has 0 saturated carbocycles. The van der Waals surface area contributed by atoms with Crippen LogP contribution in [0.3, 0.4) is 0 Å². The predicted octanol–water partition coefficient (Wildman–Crippen LogP) is 4.23. The summed E-state index contributed by atoms with van der Waals surface area (Å²) in [4.78, 5) is 14.4. The molecule has 21 heavy (non-hydrogen) atoms. The Bertz CT molecular complexity index is 700. The van der Waals surface area contributed by atoms with Gasteiger partial charge in [0.05, 0.1) is 5.56 Å². The average Bonchev–Trinajstić information content (AvgIpc) is 2.50. The summed E-state index contributed by atoms with van der Waals surface area (Å²) >= 11 is 0. The van der Waals surface area contributed by atoms with E-state index in [2.05, 4.69) is 37.5 Å². The SMILES string of the molecule is C=Cc1c(CC)c2ccc(N(CC)CCC)cc2oc1=O. The molecule has 3 nitrogen and oxygen atoms in total. The summed E-state index contributed by atoms with van der Waals surface area (Å²) in [5.41, 5.74) is 3.06. The maximum atomic E-state index is 12.1. The molecule has 3 heteroatoms. The van der Waals surface area contributed by atoms with Crippen molar-refractivity contribution in [1.82, 2.24) is 0 Å². The molecular formula is C18H23NO2. The zero-order chi connectivity index (χ0) is 15.4. The van der Waals surface area contributed by atoms with Gasteiger partial charge in [-0.3, -0.25) is 0 Å². The summed E-state index contributed by atoms with van der Waals surface area (Å²) in [6.45, 7) is 12.0. The third-order valence-corrected chi connectivity index (χ3v) is 3.84. The van der Waals surface area contributed by atoms with Crippen LogP contribution in [0, 0.1) is 0 Å². The van der Waals surface area contributed by atoms with Crippen molar-refractivity contribution in [1.29, 1.82) is 0 Å². The van der Waals surface area contributed by atoms with Gasteiger partial charge in [0, 0.05) is 30.2 Å². The van der Waals surface area contributed by atoms with Crippen molar-refractivity contribution in [2.24, 2.45) is 0 Å². The molecule has 0 radical (unpaired) electrons. The Labute approximate surface area is 125 Å². The molecular weight excluding hydrogens is 262 g/mol. The van der Waals surface area contributed by atoms with E-state index in [1.165, 1.54) is 0 Å². The topological polar surface area (TPSA) is 33.5 Å². The summed E-state index contributed by atoms with van der Waals surface area (Å²) < 4.78 is 5.49. The molecule has 0 fully saturated rings. The van der Waals surface area contributed by atoms with Gasteiger partial charge in [0.2, 0.25) is 0 Å². The number of hydrogen-bond acceptors (Lipinski definition) is 3. The Morgan fingerprint density at radius 2 is 2.05 bits per heavy atom. The summed E-state index contributed by atoms with van der Waals surface area (Å²) in [6.07, 6.45) is 3.47. The molecule has 0 saturated heterocycles. The zero-order valence-electron chi connectivity index (χ0n) is 13.1. The highest BCUT2D eigenvalue weighted by molar-refractivity contribution is 5.86. The first-order valence-corrected chi connectivity index (χ1v) is 7.63. The van der Waals surface area contributed by atoms with Crippen LogP contribution in [0.2, 0.25) is 0 Å². The van der Waals surface area contributed by atoms with Crippen LogP contribution in [0.5, 0.6) is 0 Å². The molecule has 0 bridgehead atoms. The van der Waals surface area contributed by atoms with Crippen LogP contribution in [-0.4, -0.2) is 13.1 Å². The van der Waals surface area contributed by atoms with Crippen molar-refractivity contribution in [3.05, 3.63) is 46.3 Å². The second kappa shape index (κ2) is 6.61. The lowest BCUT2D eigenvalue weighted by Gasteiger charge is -2.22. The predicted molar refractivity (Wildman–Crippen MR) is 90.1 cm³/mol. The molecule has 0 aliphatic heterocycles. The molecule has 0 aliphatic rings. The lowest BCUT2D eigenvalue weighted by molar-refractivity contribution is 0.557. The quantitative estimate of drug-likeness (QED) is 0.744. The third kappa shape index (κ3) is 2.87. The Balaban J connectivity index is 2.64. The summed E-state index contributed by atoms with van der Waals surface area (Å²) in [6, 6.07) is 6.13. The van der Waals surface area contributed by atoms with Crippen LogP contribution in [-0.2, 0) is 6.42 Å². The van der Waals surface area contributed by atoms with Gasteiger partial charge in [-0.15, -0.1) is 0 Å². The Kier molecular flexibility index (Phi) is 4.84. The van der Waals surface area contributed by atoms with Gasteiger partial charge in [-0.2, -0.15) is 0 Å². The first kappa shape index (κ1) is 15.4. The normalized spacial score (nSPS) is 10.8. The Morgan fingerprint density at radius 1 is 1.29 bits per heavy atom. The van der Waals surface area contributed by atoms with Crippen LogP contribution < -0.4 is 10.5 Å². The van der Waals surface area contributed by atoms with Gasteiger partial charge in [-0.25, -0.2) is 4.79 Å². The van der Waals surface area contributed by atoms with E-state index in [-0.39, 0.29) is 5.63 Å². The van der Waals surface area contributed by atoms with Gasteiger partial charge in [-0.05, 0) is 37.5 Å². The van der Waals surface area contributed by atoms with Gasteiger partial charge in [0.1, 0.15) is 5.58 Å². The van der Waals surface area contributed by atoms with E-state index in [9.17, 15) is 4.79 Å². The minimum Gasteiger partial charge on any atom is -0.422 e. The number of rotatable bonds is 6. The minimum atomic E-state index is -0.301. The number of hydrogen-bond donors (Lipinski definition) is 0. The molecule has 0 aliphatic carbocycles. The highest BCUT2D eigenvalue weighted by Gasteiger charge is 2.12. The number of fused-ring (bicyclic) bond motifs is 1. The highest BCUT2D eigenvalue weighted by Crippen LogP contribution is 2.26. The molecule has 1 aromatic carbocycles. The van der Waals surface area contributed by atoms with Gasteiger partial charge in [-0.1, -0.05) is 26.5 Å². The van der Waals surface area contributed by atoms with E-state index in [0.717, 1.165) is 42.6 Å². The number of nitrogens with zero attached hydrogens (tertiary/aromatic N) is 1.